The summed E-state index contributed by atoms with van der Waals surface area (Å²) in [4.78, 5) is 14.2. The molecular weight excluding hydrogens is 278 g/mol. The van der Waals surface area contributed by atoms with Gasteiger partial charge in [0.25, 0.3) is 5.91 Å². The van der Waals surface area contributed by atoms with E-state index in [0.717, 1.165) is 24.1 Å². The second-order valence-electron chi connectivity index (χ2n) is 5.50. The van der Waals surface area contributed by atoms with Crippen LogP contribution in [0.5, 0.6) is 0 Å². The highest BCUT2D eigenvalue weighted by Crippen LogP contribution is 2.36. The van der Waals surface area contributed by atoms with Crippen LogP contribution in [0, 0.1) is 5.41 Å². The summed E-state index contributed by atoms with van der Waals surface area (Å²) in [5.74, 6) is 0.706. The highest BCUT2D eigenvalue weighted by atomic mass is 35.5. The van der Waals surface area contributed by atoms with Crippen molar-refractivity contribution in [2.24, 2.45) is 5.41 Å². The van der Waals surface area contributed by atoms with E-state index in [9.17, 15) is 4.79 Å². The van der Waals surface area contributed by atoms with Crippen LogP contribution < -0.4 is 5.32 Å². The predicted molar refractivity (Wildman–Crippen MR) is 82.3 cm³/mol. The lowest BCUT2D eigenvalue weighted by Gasteiger charge is -2.35. The van der Waals surface area contributed by atoms with E-state index < -0.39 is 0 Å². The van der Waals surface area contributed by atoms with Crippen LogP contribution in [0.4, 0.5) is 0 Å². The molecule has 1 fully saturated rings. The van der Waals surface area contributed by atoms with Crippen LogP contribution in [0.15, 0.2) is 12.1 Å². The summed E-state index contributed by atoms with van der Waals surface area (Å²) >= 11 is 7.73. The van der Waals surface area contributed by atoms with E-state index >= 15 is 0 Å². The number of carbonyl (C=O) groups excluding carboxylic acids is 1. The largest absolute Gasteiger partial charge is 0.351 e. The minimum Gasteiger partial charge on any atom is -0.351 e. The molecule has 4 heteroatoms. The second kappa shape index (κ2) is 6.76. The number of halogens is 1. The van der Waals surface area contributed by atoms with E-state index in [1.807, 2.05) is 12.1 Å². The van der Waals surface area contributed by atoms with E-state index in [0.29, 0.717) is 12.4 Å². The van der Waals surface area contributed by atoms with Crippen molar-refractivity contribution in [2.75, 3.05) is 12.4 Å². The molecule has 0 unspecified atom stereocenters. The number of amides is 1. The van der Waals surface area contributed by atoms with Gasteiger partial charge in [0.2, 0.25) is 0 Å². The van der Waals surface area contributed by atoms with Gasteiger partial charge >= 0.3 is 0 Å². The molecule has 1 aromatic rings. The number of alkyl halides is 1. The minimum absolute atomic E-state index is 0.0553. The van der Waals surface area contributed by atoms with E-state index in [4.69, 9.17) is 11.6 Å². The molecule has 2 rings (SSSR count). The third-order valence-electron chi connectivity index (χ3n) is 4.06. The highest BCUT2D eigenvalue weighted by molar-refractivity contribution is 7.14. The molecule has 1 saturated carbocycles. The number of aryl methyl sites for hydroxylation is 1. The SMILES string of the molecule is CCc1ccc(C(=O)NCC2(CCl)CCCCC2)s1. The van der Waals surface area contributed by atoms with Crippen LogP contribution in [0.2, 0.25) is 0 Å². The first-order valence-electron chi connectivity index (χ1n) is 7.12. The predicted octanol–water partition coefficient (Wildman–Crippen LogP) is 4.23. The Labute approximate surface area is 124 Å². The normalized spacial score (nSPS) is 18.2. The summed E-state index contributed by atoms with van der Waals surface area (Å²) in [5.41, 5.74) is 0.125. The van der Waals surface area contributed by atoms with Crippen LogP contribution in [-0.4, -0.2) is 18.3 Å². The molecule has 1 amide bonds. The van der Waals surface area contributed by atoms with Gasteiger partial charge in [0, 0.05) is 22.7 Å². The van der Waals surface area contributed by atoms with Crippen molar-refractivity contribution < 1.29 is 4.79 Å². The maximum Gasteiger partial charge on any atom is 0.261 e. The van der Waals surface area contributed by atoms with Gasteiger partial charge in [0.1, 0.15) is 0 Å². The topological polar surface area (TPSA) is 29.1 Å². The first kappa shape index (κ1) is 14.9. The number of carbonyl (C=O) groups is 1. The van der Waals surface area contributed by atoms with Gasteiger partial charge in [0.05, 0.1) is 4.88 Å². The smallest absolute Gasteiger partial charge is 0.261 e. The summed E-state index contributed by atoms with van der Waals surface area (Å²) in [7, 11) is 0. The average Bonchev–Trinajstić information content (AvgIpc) is 2.95. The Kier molecular flexibility index (Phi) is 5.28. The Hall–Kier alpha value is -0.540. The molecule has 1 aliphatic rings. The molecule has 19 heavy (non-hydrogen) atoms. The Morgan fingerprint density at radius 1 is 1.37 bits per heavy atom. The first-order valence-corrected chi connectivity index (χ1v) is 8.47. The minimum atomic E-state index is 0.0553. The molecule has 1 N–H and O–H groups in total. The zero-order valence-electron chi connectivity index (χ0n) is 11.5. The molecule has 1 heterocycles. The van der Waals surface area contributed by atoms with Gasteiger partial charge in [-0.1, -0.05) is 26.2 Å². The standard InChI is InChI=1S/C15H22ClNOS/c1-2-12-6-7-13(19-12)14(18)17-11-15(10-16)8-4-3-5-9-15/h6-7H,2-5,8-11H2,1H3,(H,17,18). The molecule has 0 atom stereocenters. The lowest BCUT2D eigenvalue weighted by atomic mass is 9.75. The molecule has 1 aliphatic carbocycles. The zero-order chi connectivity index (χ0) is 13.7. The molecule has 1 aromatic heterocycles. The molecule has 0 spiro atoms. The second-order valence-corrected chi connectivity index (χ2v) is 6.93. The molecule has 2 nitrogen and oxygen atoms in total. The monoisotopic (exact) mass is 299 g/mol. The van der Waals surface area contributed by atoms with Gasteiger partial charge in [-0.2, -0.15) is 0 Å². The third kappa shape index (κ3) is 3.73. The third-order valence-corrected chi connectivity index (χ3v) is 5.85. The summed E-state index contributed by atoms with van der Waals surface area (Å²) in [6.07, 6.45) is 7.05. The van der Waals surface area contributed by atoms with E-state index in [-0.39, 0.29) is 11.3 Å². The van der Waals surface area contributed by atoms with Gasteiger partial charge in [-0.15, -0.1) is 22.9 Å². The molecule has 0 bridgehead atoms. The molecule has 0 aromatic carbocycles. The zero-order valence-corrected chi connectivity index (χ0v) is 13.1. The Bertz CT molecular complexity index is 424. The fraction of sp³-hybridized carbons (Fsp3) is 0.667. The van der Waals surface area contributed by atoms with Crippen molar-refractivity contribution in [1.29, 1.82) is 0 Å². The maximum absolute atomic E-state index is 12.1. The molecule has 106 valence electrons. The Balaban J connectivity index is 1.91. The average molecular weight is 300 g/mol. The maximum atomic E-state index is 12.1. The van der Waals surface area contributed by atoms with Crippen molar-refractivity contribution in [3.05, 3.63) is 21.9 Å². The molecule has 0 radical (unpaired) electrons. The van der Waals surface area contributed by atoms with E-state index in [2.05, 4.69) is 12.2 Å². The summed E-state index contributed by atoms with van der Waals surface area (Å²) in [6.45, 7) is 2.83. The Morgan fingerprint density at radius 3 is 2.68 bits per heavy atom. The van der Waals surface area contributed by atoms with E-state index in [1.165, 1.54) is 24.1 Å². The summed E-state index contributed by atoms with van der Waals surface area (Å²) < 4.78 is 0. The van der Waals surface area contributed by atoms with Crippen LogP contribution in [0.1, 0.15) is 53.6 Å². The lowest BCUT2D eigenvalue weighted by Crippen LogP contribution is -2.40. The van der Waals surface area contributed by atoms with Crippen LogP contribution in [-0.2, 0) is 6.42 Å². The van der Waals surface area contributed by atoms with Crippen molar-refractivity contribution in [2.45, 2.75) is 45.4 Å². The van der Waals surface area contributed by atoms with Gasteiger partial charge in [0.15, 0.2) is 0 Å². The number of hydrogen-bond acceptors (Lipinski definition) is 2. The van der Waals surface area contributed by atoms with Crippen molar-refractivity contribution >= 4 is 28.8 Å². The number of nitrogens with one attached hydrogen (secondary N) is 1. The van der Waals surface area contributed by atoms with Crippen LogP contribution in [0.3, 0.4) is 0 Å². The van der Waals surface area contributed by atoms with Gasteiger partial charge in [-0.3, -0.25) is 4.79 Å². The fourth-order valence-corrected chi connectivity index (χ4v) is 3.93. The van der Waals surface area contributed by atoms with Gasteiger partial charge in [-0.05, 0) is 31.4 Å². The first-order chi connectivity index (χ1) is 9.19. The summed E-state index contributed by atoms with van der Waals surface area (Å²) in [5, 5.41) is 3.08. The highest BCUT2D eigenvalue weighted by Gasteiger charge is 2.31. The summed E-state index contributed by atoms with van der Waals surface area (Å²) in [6, 6.07) is 3.96. The van der Waals surface area contributed by atoms with Crippen molar-refractivity contribution in [1.82, 2.24) is 5.32 Å². The fourth-order valence-electron chi connectivity index (χ4n) is 2.70. The van der Waals surface area contributed by atoms with Crippen LogP contribution in [0.25, 0.3) is 0 Å². The molecule has 0 saturated heterocycles. The van der Waals surface area contributed by atoms with Crippen LogP contribution >= 0.6 is 22.9 Å². The number of hydrogen-bond donors (Lipinski definition) is 1. The van der Waals surface area contributed by atoms with Crippen molar-refractivity contribution in [3.63, 3.8) is 0 Å². The Morgan fingerprint density at radius 2 is 2.11 bits per heavy atom. The van der Waals surface area contributed by atoms with Crippen molar-refractivity contribution in [3.8, 4) is 0 Å². The quantitative estimate of drug-likeness (QED) is 0.810. The molecule has 0 aliphatic heterocycles. The number of thiophene rings is 1. The van der Waals surface area contributed by atoms with Gasteiger partial charge in [-0.25, -0.2) is 0 Å². The van der Waals surface area contributed by atoms with Gasteiger partial charge < -0.3 is 5.32 Å². The lowest BCUT2D eigenvalue weighted by molar-refractivity contribution is 0.0925. The molecular formula is C15H22ClNOS. The number of rotatable bonds is 5. The van der Waals surface area contributed by atoms with E-state index in [1.54, 1.807) is 11.3 Å².